The highest BCUT2D eigenvalue weighted by molar-refractivity contribution is 5.99. The van der Waals surface area contributed by atoms with E-state index in [-0.39, 0.29) is 5.97 Å². The Morgan fingerprint density at radius 2 is 1.26 bits per heavy atom. The zero-order valence-electron chi connectivity index (χ0n) is 22.3. The van der Waals surface area contributed by atoms with E-state index in [1.165, 1.54) is 25.7 Å². The highest BCUT2D eigenvalue weighted by Gasteiger charge is 2.52. The van der Waals surface area contributed by atoms with Crippen LogP contribution in [-0.4, -0.2) is 20.1 Å². The van der Waals surface area contributed by atoms with Crippen molar-refractivity contribution in [2.75, 3.05) is 0 Å². The summed E-state index contributed by atoms with van der Waals surface area (Å²) >= 11 is 0. The molecule has 5 aromatic rings. The average molecular weight is 506 g/mol. The molecule has 5 nitrogen and oxygen atoms in total. The van der Waals surface area contributed by atoms with Gasteiger partial charge in [0, 0.05) is 70.2 Å². The lowest BCUT2D eigenvalue weighted by molar-refractivity contribution is 0.0256. The molecular formula is C33H35N3O2. The maximum absolute atomic E-state index is 13.4. The van der Waals surface area contributed by atoms with E-state index in [2.05, 4.69) is 88.9 Å². The molecule has 0 atom stereocenters. The topological polar surface area (TPSA) is 49.0 Å². The normalized spacial score (nSPS) is 14.3. The second-order valence-corrected chi connectivity index (χ2v) is 10.4. The summed E-state index contributed by atoms with van der Waals surface area (Å²) in [6.07, 6.45) is 13.0. The van der Waals surface area contributed by atoms with E-state index >= 15 is 0 Å². The second-order valence-electron chi connectivity index (χ2n) is 10.4. The molecular weight excluding hydrogens is 470 g/mol. The molecule has 0 N–H and O–H groups in total. The molecule has 38 heavy (non-hydrogen) atoms. The van der Waals surface area contributed by atoms with Crippen LogP contribution in [0.3, 0.4) is 0 Å². The first-order valence-corrected chi connectivity index (χ1v) is 14.0. The van der Waals surface area contributed by atoms with Gasteiger partial charge in [0.2, 0.25) is 0 Å². The summed E-state index contributed by atoms with van der Waals surface area (Å²) in [4.78, 5) is 17.9. The van der Waals surface area contributed by atoms with Crippen molar-refractivity contribution in [1.29, 1.82) is 0 Å². The van der Waals surface area contributed by atoms with Crippen molar-refractivity contribution in [3.05, 3.63) is 102 Å². The van der Waals surface area contributed by atoms with Gasteiger partial charge in [-0.1, -0.05) is 82.0 Å². The number of cyclic esters (lactones) is 1. The minimum atomic E-state index is -1.08. The number of carbonyl (C=O) groups is 1. The Hall–Kier alpha value is -3.86. The number of ether oxygens (including phenoxy) is 1. The van der Waals surface area contributed by atoms with E-state index < -0.39 is 5.60 Å². The molecule has 4 heterocycles. The Labute approximate surface area is 224 Å². The van der Waals surface area contributed by atoms with Crippen LogP contribution in [0.4, 0.5) is 0 Å². The first kappa shape index (κ1) is 24.5. The number of fused-ring (bicyclic) bond motifs is 3. The summed E-state index contributed by atoms with van der Waals surface area (Å²) < 4.78 is 11.2. The summed E-state index contributed by atoms with van der Waals surface area (Å²) in [6, 6.07) is 20.9. The molecule has 0 fully saturated rings. The fourth-order valence-corrected chi connectivity index (χ4v) is 6.13. The Morgan fingerprint density at radius 3 is 1.82 bits per heavy atom. The number of benzene rings is 2. The van der Waals surface area contributed by atoms with Crippen molar-refractivity contribution < 1.29 is 9.53 Å². The largest absolute Gasteiger partial charge is 0.439 e. The van der Waals surface area contributed by atoms with Crippen LogP contribution in [0.15, 0.2) is 79.3 Å². The van der Waals surface area contributed by atoms with Crippen LogP contribution in [0.2, 0.25) is 0 Å². The third kappa shape index (κ3) is 3.84. The summed E-state index contributed by atoms with van der Waals surface area (Å²) in [5, 5.41) is 2.22. The molecule has 3 aromatic heterocycles. The molecule has 194 valence electrons. The molecule has 2 aromatic carbocycles. The fraction of sp³-hybridized carbons (Fsp3) is 0.333. The number of carbonyl (C=O) groups excluding carboxylic acids is 1. The van der Waals surface area contributed by atoms with Gasteiger partial charge in [0.25, 0.3) is 0 Å². The van der Waals surface area contributed by atoms with Gasteiger partial charge in [-0.15, -0.1) is 0 Å². The number of rotatable bonds is 10. The molecule has 1 aliphatic heterocycles. The highest BCUT2D eigenvalue weighted by atomic mass is 16.6. The SMILES string of the molecule is CCCCCn1cc(C2(c3cn(CCCCC)c4ccccc34)OC(=O)c3ncccc32)c2ccccc21. The molecule has 1 aliphatic rings. The van der Waals surface area contributed by atoms with Gasteiger partial charge in [0.15, 0.2) is 11.3 Å². The lowest BCUT2D eigenvalue weighted by Gasteiger charge is -2.29. The lowest BCUT2D eigenvalue weighted by Crippen LogP contribution is -2.29. The Kier molecular flexibility index (Phi) is 6.52. The maximum atomic E-state index is 13.4. The number of hydrogen-bond acceptors (Lipinski definition) is 3. The zero-order chi connectivity index (χ0) is 26.1. The van der Waals surface area contributed by atoms with Crippen LogP contribution in [0, 0.1) is 0 Å². The Bertz CT molecular complexity index is 1520. The molecule has 0 saturated carbocycles. The minimum Gasteiger partial charge on any atom is -0.439 e. The quantitative estimate of drug-likeness (QED) is 0.143. The van der Waals surface area contributed by atoms with Crippen molar-refractivity contribution in [1.82, 2.24) is 14.1 Å². The number of aromatic nitrogens is 3. The number of pyridine rings is 1. The highest BCUT2D eigenvalue weighted by Crippen LogP contribution is 2.51. The van der Waals surface area contributed by atoms with E-state index in [9.17, 15) is 4.79 Å². The van der Waals surface area contributed by atoms with Crippen LogP contribution < -0.4 is 0 Å². The lowest BCUT2D eigenvalue weighted by atomic mass is 9.80. The Morgan fingerprint density at radius 1 is 0.711 bits per heavy atom. The van der Waals surface area contributed by atoms with Crippen molar-refractivity contribution in [3.63, 3.8) is 0 Å². The Balaban J connectivity index is 1.64. The van der Waals surface area contributed by atoms with Crippen molar-refractivity contribution in [2.24, 2.45) is 0 Å². The summed E-state index contributed by atoms with van der Waals surface area (Å²) in [6.45, 7) is 6.31. The number of hydrogen-bond donors (Lipinski definition) is 0. The van der Waals surface area contributed by atoms with Gasteiger partial charge in [-0.3, -0.25) is 0 Å². The minimum absolute atomic E-state index is 0.369. The number of esters is 1. The zero-order valence-corrected chi connectivity index (χ0v) is 22.3. The van der Waals surface area contributed by atoms with Crippen LogP contribution in [0.5, 0.6) is 0 Å². The monoisotopic (exact) mass is 505 g/mol. The van der Waals surface area contributed by atoms with E-state index in [4.69, 9.17) is 4.74 Å². The van der Waals surface area contributed by atoms with Crippen LogP contribution >= 0.6 is 0 Å². The number of para-hydroxylation sites is 2. The first-order chi connectivity index (χ1) is 18.7. The van der Waals surface area contributed by atoms with E-state index in [1.807, 2.05) is 12.1 Å². The van der Waals surface area contributed by atoms with Crippen LogP contribution in [0.25, 0.3) is 21.8 Å². The van der Waals surface area contributed by atoms with Crippen molar-refractivity contribution in [2.45, 2.75) is 71.1 Å². The van der Waals surface area contributed by atoms with Crippen molar-refractivity contribution >= 4 is 27.8 Å². The molecule has 0 aliphatic carbocycles. The van der Waals surface area contributed by atoms with E-state index in [0.717, 1.165) is 64.4 Å². The second kappa shape index (κ2) is 10.1. The van der Waals surface area contributed by atoms with Gasteiger partial charge >= 0.3 is 5.97 Å². The molecule has 5 heteroatoms. The third-order valence-corrected chi connectivity index (χ3v) is 7.97. The maximum Gasteiger partial charge on any atom is 0.358 e. The van der Waals surface area contributed by atoms with E-state index in [0.29, 0.717) is 5.69 Å². The van der Waals surface area contributed by atoms with Gasteiger partial charge in [-0.2, -0.15) is 0 Å². The van der Waals surface area contributed by atoms with Crippen LogP contribution in [-0.2, 0) is 23.4 Å². The molecule has 0 amide bonds. The summed E-state index contributed by atoms with van der Waals surface area (Å²) in [5.41, 5.74) is 4.47. The van der Waals surface area contributed by atoms with Gasteiger partial charge in [0.05, 0.1) is 0 Å². The predicted molar refractivity (Wildman–Crippen MR) is 152 cm³/mol. The summed E-state index contributed by atoms with van der Waals surface area (Å²) in [5.74, 6) is -0.369. The molecule has 6 rings (SSSR count). The smallest absolute Gasteiger partial charge is 0.358 e. The molecule has 0 unspecified atom stereocenters. The molecule has 0 saturated heterocycles. The fourth-order valence-electron chi connectivity index (χ4n) is 6.13. The molecule has 0 spiro atoms. The van der Waals surface area contributed by atoms with E-state index in [1.54, 1.807) is 6.20 Å². The van der Waals surface area contributed by atoms with Gasteiger partial charge in [0.1, 0.15) is 0 Å². The summed E-state index contributed by atoms with van der Waals surface area (Å²) in [7, 11) is 0. The standard InChI is InChI=1S/C33H35N3O2/c1-3-5-11-20-35-22-27(24-14-7-9-17-29(24)35)33(26-16-13-19-34-31(26)32(37)38-33)28-23-36(21-12-6-4-2)30-18-10-8-15-25(28)30/h7-10,13-19,22-23H,3-6,11-12,20-21H2,1-2H3. The van der Waals surface area contributed by atoms with Gasteiger partial charge < -0.3 is 13.9 Å². The van der Waals surface area contributed by atoms with Crippen molar-refractivity contribution in [3.8, 4) is 0 Å². The van der Waals surface area contributed by atoms with Gasteiger partial charge in [-0.25, -0.2) is 9.78 Å². The first-order valence-electron chi connectivity index (χ1n) is 14.0. The molecule has 0 bridgehead atoms. The number of aryl methyl sites for hydroxylation is 2. The molecule has 0 radical (unpaired) electrons. The number of unbranched alkanes of at least 4 members (excludes halogenated alkanes) is 4. The predicted octanol–water partition coefficient (Wildman–Crippen LogP) is 7.83. The third-order valence-electron chi connectivity index (χ3n) is 7.97. The van der Waals surface area contributed by atoms with Gasteiger partial charge in [-0.05, 0) is 31.0 Å². The average Bonchev–Trinajstić information content (AvgIpc) is 3.60. The number of nitrogens with zero attached hydrogens (tertiary/aromatic N) is 3. The van der Waals surface area contributed by atoms with Crippen LogP contribution in [0.1, 0.15) is 79.6 Å².